The van der Waals surface area contributed by atoms with Crippen LogP contribution in [0.4, 0.5) is 0 Å². The molecule has 0 bridgehead atoms. The van der Waals surface area contributed by atoms with Crippen LogP contribution in [0.25, 0.3) is 0 Å². The van der Waals surface area contributed by atoms with Crippen molar-refractivity contribution in [2.45, 2.75) is 32.2 Å². The Morgan fingerprint density at radius 1 is 1.47 bits per heavy atom. The molecule has 1 N–H and O–H groups in total. The monoisotopic (exact) mass is 233 g/mol. The minimum Gasteiger partial charge on any atom is -0.497 e. The van der Waals surface area contributed by atoms with Crippen LogP contribution in [0.1, 0.15) is 25.3 Å². The van der Waals surface area contributed by atoms with Gasteiger partial charge in [-0.2, -0.15) is 0 Å². The number of methoxy groups -OCH3 is 1. The Bertz CT molecular complexity index is 335. The van der Waals surface area contributed by atoms with E-state index in [1.54, 1.807) is 7.11 Å². The van der Waals surface area contributed by atoms with E-state index in [4.69, 9.17) is 4.74 Å². The summed E-state index contributed by atoms with van der Waals surface area (Å²) in [6, 6.07) is 8.81. The molecule has 0 saturated carbocycles. The van der Waals surface area contributed by atoms with Gasteiger partial charge >= 0.3 is 0 Å². The van der Waals surface area contributed by atoms with Gasteiger partial charge in [0, 0.05) is 6.04 Å². The largest absolute Gasteiger partial charge is 0.497 e. The minimum absolute atomic E-state index is 0.519. The molecule has 0 fully saturated rings. The highest BCUT2D eigenvalue weighted by molar-refractivity contribution is 5.28. The Morgan fingerprint density at radius 2 is 2.29 bits per heavy atom. The van der Waals surface area contributed by atoms with Crippen molar-refractivity contribution in [2.75, 3.05) is 13.7 Å². The molecule has 0 amide bonds. The summed E-state index contributed by atoms with van der Waals surface area (Å²) in [6.45, 7) is 6.93. The van der Waals surface area contributed by atoms with Crippen LogP contribution in [-0.2, 0) is 6.42 Å². The normalized spacial score (nSPS) is 12.1. The lowest BCUT2D eigenvalue weighted by Gasteiger charge is -2.17. The molecule has 1 unspecified atom stereocenters. The lowest BCUT2D eigenvalue weighted by atomic mass is 10.0. The molecular weight excluding hydrogens is 210 g/mol. The molecule has 1 aromatic rings. The van der Waals surface area contributed by atoms with Crippen molar-refractivity contribution in [1.29, 1.82) is 0 Å². The molecule has 0 aliphatic heterocycles. The second-order valence-corrected chi connectivity index (χ2v) is 4.18. The Hall–Kier alpha value is -1.28. The van der Waals surface area contributed by atoms with E-state index in [2.05, 4.69) is 31.0 Å². The molecule has 0 radical (unpaired) electrons. The van der Waals surface area contributed by atoms with E-state index in [1.807, 2.05) is 18.2 Å². The van der Waals surface area contributed by atoms with Crippen LogP contribution < -0.4 is 10.1 Å². The Morgan fingerprint density at radius 3 is 2.94 bits per heavy atom. The third-order valence-corrected chi connectivity index (χ3v) is 2.83. The molecule has 94 valence electrons. The fourth-order valence-electron chi connectivity index (χ4n) is 1.97. The summed E-state index contributed by atoms with van der Waals surface area (Å²) in [5.74, 6) is 0.932. The Labute approximate surface area is 105 Å². The number of likely N-dealkylation sites (N-methyl/N-ethyl adjacent to an activating group) is 1. The van der Waals surface area contributed by atoms with Gasteiger partial charge in [0.1, 0.15) is 5.75 Å². The smallest absolute Gasteiger partial charge is 0.119 e. The van der Waals surface area contributed by atoms with Gasteiger partial charge < -0.3 is 10.1 Å². The number of rotatable bonds is 8. The molecule has 2 heteroatoms. The Balaban J connectivity index is 2.60. The summed E-state index contributed by atoms with van der Waals surface area (Å²) in [5, 5.41) is 3.51. The SMILES string of the molecule is C=CCCC(Cc1cccc(OC)c1)NCC. The minimum atomic E-state index is 0.519. The van der Waals surface area contributed by atoms with E-state index in [1.165, 1.54) is 5.56 Å². The second-order valence-electron chi connectivity index (χ2n) is 4.18. The van der Waals surface area contributed by atoms with Gasteiger partial charge in [0.05, 0.1) is 7.11 Å². The van der Waals surface area contributed by atoms with Crippen LogP contribution in [-0.4, -0.2) is 19.7 Å². The zero-order valence-electron chi connectivity index (χ0n) is 10.9. The first kappa shape index (κ1) is 13.8. The maximum Gasteiger partial charge on any atom is 0.119 e. The van der Waals surface area contributed by atoms with Crippen molar-refractivity contribution in [3.63, 3.8) is 0 Å². The fourth-order valence-corrected chi connectivity index (χ4v) is 1.97. The summed E-state index contributed by atoms with van der Waals surface area (Å²) >= 11 is 0. The summed E-state index contributed by atoms with van der Waals surface area (Å²) in [6.07, 6.45) is 5.21. The average Bonchev–Trinajstić information content (AvgIpc) is 2.36. The second kappa shape index (κ2) is 7.91. The van der Waals surface area contributed by atoms with Crippen molar-refractivity contribution >= 4 is 0 Å². The van der Waals surface area contributed by atoms with Crippen LogP contribution in [0.5, 0.6) is 5.75 Å². The molecule has 0 heterocycles. The molecule has 0 aliphatic carbocycles. The van der Waals surface area contributed by atoms with E-state index in [-0.39, 0.29) is 0 Å². The number of hydrogen-bond donors (Lipinski definition) is 1. The van der Waals surface area contributed by atoms with Crippen molar-refractivity contribution < 1.29 is 4.74 Å². The van der Waals surface area contributed by atoms with Crippen LogP contribution in [0.3, 0.4) is 0 Å². The standard InChI is InChI=1S/C15H23NO/c1-4-6-9-14(16-5-2)11-13-8-7-10-15(12-13)17-3/h4,7-8,10,12,14,16H,1,5-6,9,11H2,2-3H3. The van der Waals surface area contributed by atoms with Gasteiger partial charge in [0.25, 0.3) is 0 Å². The van der Waals surface area contributed by atoms with Gasteiger partial charge in [-0.25, -0.2) is 0 Å². The molecule has 0 aliphatic rings. The number of ether oxygens (including phenoxy) is 1. The quantitative estimate of drug-likeness (QED) is 0.696. The van der Waals surface area contributed by atoms with Crippen LogP contribution in [0.2, 0.25) is 0 Å². The summed E-state index contributed by atoms with van der Waals surface area (Å²) in [4.78, 5) is 0. The number of allylic oxidation sites excluding steroid dienone is 1. The van der Waals surface area contributed by atoms with Gasteiger partial charge in [-0.15, -0.1) is 6.58 Å². The van der Waals surface area contributed by atoms with E-state index >= 15 is 0 Å². The maximum atomic E-state index is 5.24. The molecular formula is C15H23NO. The third-order valence-electron chi connectivity index (χ3n) is 2.83. The van der Waals surface area contributed by atoms with Crippen molar-refractivity contribution in [3.05, 3.63) is 42.5 Å². The summed E-state index contributed by atoms with van der Waals surface area (Å²) in [7, 11) is 1.71. The lowest BCUT2D eigenvalue weighted by molar-refractivity contribution is 0.413. The van der Waals surface area contributed by atoms with Crippen molar-refractivity contribution in [3.8, 4) is 5.75 Å². The van der Waals surface area contributed by atoms with Gasteiger partial charge in [-0.05, 0) is 43.5 Å². The van der Waals surface area contributed by atoms with Crippen molar-refractivity contribution in [2.24, 2.45) is 0 Å². The molecule has 0 spiro atoms. The molecule has 0 saturated heterocycles. The van der Waals surface area contributed by atoms with Crippen molar-refractivity contribution in [1.82, 2.24) is 5.32 Å². The first-order chi connectivity index (χ1) is 8.30. The number of nitrogens with one attached hydrogen (secondary N) is 1. The zero-order chi connectivity index (χ0) is 12.5. The molecule has 0 aromatic heterocycles. The molecule has 1 rings (SSSR count). The predicted octanol–water partition coefficient (Wildman–Crippen LogP) is 3.18. The molecule has 1 aromatic carbocycles. The highest BCUT2D eigenvalue weighted by Crippen LogP contribution is 2.15. The molecule has 17 heavy (non-hydrogen) atoms. The van der Waals surface area contributed by atoms with Gasteiger partial charge in [-0.3, -0.25) is 0 Å². The van der Waals surface area contributed by atoms with Gasteiger partial charge in [-0.1, -0.05) is 25.1 Å². The fraction of sp³-hybridized carbons (Fsp3) is 0.467. The summed E-state index contributed by atoms with van der Waals surface area (Å²) < 4.78 is 5.24. The predicted molar refractivity (Wildman–Crippen MR) is 73.6 cm³/mol. The van der Waals surface area contributed by atoms with E-state index in [0.29, 0.717) is 6.04 Å². The first-order valence-electron chi connectivity index (χ1n) is 6.27. The van der Waals surface area contributed by atoms with E-state index in [0.717, 1.165) is 31.6 Å². The van der Waals surface area contributed by atoms with E-state index < -0.39 is 0 Å². The van der Waals surface area contributed by atoms with Crippen LogP contribution >= 0.6 is 0 Å². The van der Waals surface area contributed by atoms with Gasteiger partial charge in [0.15, 0.2) is 0 Å². The highest BCUT2D eigenvalue weighted by Gasteiger charge is 2.07. The molecule has 1 atom stereocenters. The Kier molecular flexibility index (Phi) is 6.41. The highest BCUT2D eigenvalue weighted by atomic mass is 16.5. The van der Waals surface area contributed by atoms with Crippen LogP contribution in [0, 0.1) is 0 Å². The lowest BCUT2D eigenvalue weighted by Crippen LogP contribution is -2.30. The van der Waals surface area contributed by atoms with E-state index in [9.17, 15) is 0 Å². The molecule has 2 nitrogen and oxygen atoms in total. The number of benzene rings is 1. The topological polar surface area (TPSA) is 21.3 Å². The van der Waals surface area contributed by atoms with Crippen LogP contribution in [0.15, 0.2) is 36.9 Å². The number of hydrogen-bond acceptors (Lipinski definition) is 2. The maximum absolute atomic E-state index is 5.24. The van der Waals surface area contributed by atoms with Gasteiger partial charge in [0.2, 0.25) is 0 Å². The first-order valence-corrected chi connectivity index (χ1v) is 6.27. The zero-order valence-corrected chi connectivity index (χ0v) is 10.9. The summed E-state index contributed by atoms with van der Waals surface area (Å²) in [5.41, 5.74) is 1.32. The average molecular weight is 233 g/mol. The third kappa shape index (κ3) is 5.05.